The van der Waals surface area contributed by atoms with Crippen LogP contribution < -0.4 is 15.4 Å². The third-order valence-electron chi connectivity index (χ3n) is 4.27. The minimum absolute atomic E-state index is 0. The van der Waals surface area contributed by atoms with Gasteiger partial charge in [-0.25, -0.2) is 0 Å². The number of benzene rings is 2. The van der Waals surface area contributed by atoms with E-state index in [-0.39, 0.29) is 24.0 Å². The number of hydrogen-bond acceptors (Lipinski definition) is 3. The van der Waals surface area contributed by atoms with Gasteiger partial charge in [0.2, 0.25) is 0 Å². The number of guanidine groups is 1. The van der Waals surface area contributed by atoms with E-state index >= 15 is 0 Å². The van der Waals surface area contributed by atoms with E-state index in [4.69, 9.17) is 9.47 Å². The van der Waals surface area contributed by atoms with Crippen molar-refractivity contribution in [2.75, 3.05) is 27.8 Å². The number of methoxy groups -OCH3 is 2. The van der Waals surface area contributed by atoms with E-state index in [9.17, 15) is 0 Å². The van der Waals surface area contributed by atoms with Gasteiger partial charge in [-0.3, -0.25) is 4.99 Å². The van der Waals surface area contributed by atoms with Gasteiger partial charge in [-0.2, -0.15) is 0 Å². The predicted molar refractivity (Wildman–Crippen MR) is 122 cm³/mol. The Labute approximate surface area is 179 Å². The summed E-state index contributed by atoms with van der Waals surface area (Å²) in [6.07, 6.45) is 0.900. The highest BCUT2D eigenvalue weighted by molar-refractivity contribution is 14.0. The second-order valence-corrected chi connectivity index (χ2v) is 6.11. The van der Waals surface area contributed by atoms with Gasteiger partial charge in [0.25, 0.3) is 0 Å². The van der Waals surface area contributed by atoms with E-state index in [0.717, 1.165) is 30.2 Å². The van der Waals surface area contributed by atoms with Gasteiger partial charge in [0.05, 0.1) is 13.7 Å². The standard InChI is InChI=1S/C21H29N3O2.HI/c1-16-9-10-17(13-20(16)26-4)11-12-23-21(22-2)24-14-18-7-5-6-8-19(18)15-25-3;/h5-10,13H,11-12,14-15H2,1-4H3,(H2,22,23,24);1H. The zero-order valence-corrected chi connectivity index (χ0v) is 18.9. The first-order valence-electron chi connectivity index (χ1n) is 8.81. The number of nitrogens with one attached hydrogen (secondary N) is 2. The molecule has 2 N–H and O–H groups in total. The Morgan fingerprint density at radius 2 is 1.78 bits per heavy atom. The molecule has 0 bridgehead atoms. The van der Waals surface area contributed by atoms with Crippen LogP contribution in [0.1, 0.15) is 22.3 Å². The van der Waals surface area contributed by atoms with Gasteiger partial charge in [-0.15, -0.1) is 24.0 Å². The molecule has 0 amide bonds. The Kier molecular flexibility index (Phi) is 10.8. The van der Waals surface area contributed by atoms with Gasteiger partial charge in [0, 0.05) is 27.2 Å². The highest BCUT2D eigenvalue weighted by atomic mass is 127. The highest BCUT2D eigenvalue weighted by Gasteiger charge is 2.04. The highest BCUT2D eigenvalue weighted by Crippen LogP contribution is 2.19. The summed E-state index contributed by atoms with van der Waals surface area (Å²) in [5, 5.41) is 6.72. The number of nitrogens with zero attached hydrogens (tertiary/aromatic N) is 1. The number of aliphatic imine (C=N–C) groups is 1. The van der Waals surface area contributed by atoms with Crippen molar-refractivity contribution in [3.8, 4) is 5.75 Å². The van der Waals surface area contributed by atoms with E-state index in [2.05, 4.69) is 46.0 Å². The van der Waals surface area contributed by atoms with Crippen LogP contribution in [0.2, 0.25) is 0 Å². The first-order valence-corrected chi connectivity index (χ1v) is 8.81. The fraction of sp³-hybridized carbons (Fsp3) is 0.381. The molecular formula is C21H30IN3O2. The molecule has 27 heavy (non-hydrogen) atoms. The van der Waals surface area contributed by atoms with Crippen molar-refractivity contribution in [2.24, 2.45) is 4.99 Å². The number of halogens is 1. The van der Waals surface area contributed by atoms with Crippen molar-refractivity contribution >= 4 is 29.9 Å². The number of rotatable bonds is 8. The first kappa shape index (κ1) is 23.2. The molecule has 0 fully saturated rings. The largest absolute Gasteiger partial charge is 0.496 e. The average Bonchev–Trinajstić information content (AvgIpc) is 2.67. The molecule has 6 heteroatoms. The Balaban J connectivity index is 0.00000364. The van der Waals surface area contributed by atoms with Crippen LogP contribution in [0.15, 0.2) is 47.5 Å². The summed E-state index contributed by atoms with van der Waals surface area (Å²) in [5.41, 5.74) is 4.78. The summed E-state index contributed by atoms with van der Waals surface area (Å²) >= 11 is 0. The normalized spacial score (nSPS) is 10.9. The van der Waals surface area contributed by atoms with E-state index in [1.54, 1.807) is 21.3 Å². The quantitative estimate of drug-likeness (QED) is 0.342. The molecule has 2 aromatic rings. The van der Waals surface area contributed by atoms with Crippen LogP contribution in [-0.4, -0.2) is 33.8 Å². The summed E-state index contributed by atoms with van der Waals surface area (Å²) in [5.74, 6) is 1.72. The van der Waals surface area contributed by atoms with Crippen molar-refractivity contribution in [3.63, 3.8) is 0 Å². The molecule has 2 rings (SSSR count). The molecule has 0 saturated carbocycles. The van der Waals surface area contributed by atoms with Gasteiger partial charge in [-0.05, 0) is 41.7 Å². The smallest absolute Gasteiger partial charge is 0.191 e. The van der Waals surface area contributed by atoms with Gasteiger partial charge >= 0.3 is 0 Å². The lowest BCUT2D eigenvalue weighted by Crippen LogP contribution is -2.38. The molecule has 0 saturated heterocycles. The molecule has 0 atom stereocenters. The van der Waals surface area contributed by atoms with Crippen LogP contribution in [0, 0.1) is 6.92 Å². The second kappa shape index (κ2) is 12.6. The summed E-state index contributed by atoms with van der Waals surface area (Å²) in [7, 11) is 5.20. The Morgan fingerprint density at radius 1 is 1.04 bits per heavy atom. The Morgan fingerprint density at radius 3 is 2.44 bits per heavy atom. The number of ether oxygens (including phenoxy) is 2. The van der Waals surface area contributed by atoms with Crippen LogP contribution in [-0.2, 0) is 24.3 Å². The van der Waals surface area contributed by atoms with Crippen LogP contribution in [0.4, 0.5) is 0 Å². The first-order chi connectivity index (χ1) is 12.7. The maximum Gasteiger partial charge on any atom is 0.191 e. The maximum atomic E-state index is 5.39. The average molecular weight is 483 g/mol. The molecule has 0 unspecified atom stereocenters. The van der Waals surface area contributed by atoms with Crippen molar-refractivity contribution in [1.29, 1.82) is 0 Å². The summed E-state index contributed by atoms with van der Waals surface area (Å²) in [6.45, 7) is 4.16. The predicted octanol–water partition coefficient (Wildman–Crippen LogP) is 3.68. The van der Waals surface area contributed by atoms with Crippen LogP contribution in [0.5, 0.6) is 5.75 Å². The van der Waals surface area contributed by atoms with Crippen LogP contribution in [0.3, 0.4) is 0 Å². The van der Waals surface area contributed by atoms with Crippen molar-refractivity contribution in [3.05, 3.63) is 64.7 Å². The minimum atomic E-state index is 0. The Bertz CT molecular complexity index is 735. The molecule has 148 valence electrons. The topological polar surface area (TPSA) is 54.9 Å². The lowest BCUT2D eigenvalue weighted by molar-refractivity contribution is 0.184. The second-order valence-electron chi connectivity index (χ2n) is 6.11. The van der Waals surface area contributed by atoms with Gasteiger partial charge in [-0.1, -0.05) is 36.4 Å². The van der Waals surface area contributed by atoms with Crippen molar-refractivity contribution in [2.45, 2.75) is 26.5 Å². The lowest BCUT2D eigenvalue weighted by atomic mass is 10.1. The molecule has 5 nitrogen and oxygen atoms in total. The molecule has 0 radical (unpaired) electrons. The SMILES string of the molecule is CN=C(NCCc1ccc(C)c(OC)c1)NCc1ccccc1COC.I. The molecule has 0 aliphatic carbocycles. The van der Waals surface area contributed by atoms with Gasteiger partial charge in [0.15, 0.2) is 5.96 Å². The maximum absolute atomic E-state index is 5.39. The van der Waals surface area contributed by atoms with E-state index in [0.29, 0.717) is 13.2 Å². The molecular weight excluding hydrogens is 453 g/mol. The summed E-state index contributed by atoms with van der Waals surface area (Å²) in [4.78, 5) is 4.30. The minimum Gasteiger partial charge on any atom is -0.496 e. The molecule has 0 aliphatic heterocycles. The summed E-state index contributed by atoms with van der Waals surface area (Å²) < 4.78 is 10.6. The number of aryl methyl sites for hydroxylation is 1. The molecule has 2 aromatic carbocycles. The third kappa shape index (κ3) is 7.38. The van der Waals surface area contributed by atoms with Gasteiger partial charge < -0.3 is 20.1 Å². The zero-order chi connectivity index (χ0) is 18.8. The molecule has 0 aliphatic rings. The van der Waals surface area contributed by atoms with Crippen molar-refractivity contribution in [1.82, 2.24) is 10.6 Å². The fourth-order valence-electron chi connectivity index (χ4n) is 2.77. The lowest BCUT2D eigenvalue weighted by Gasteiger charge is -2.14. The van der Waals surface area contributed by atoms with Crippen LogP contribution >= 0.6 is 24.0 Å². The third-order valence-corrected chi connectivity index (χ3v) is 4.27. The van der Waals surface area contributed by atoms with E-state index in [1.165, 1.54) is 16.7 Å². The fourth-order valence-corrected chi connectivity index (χ4v) is 2.77. The van der Waals surface area contributed by atoms with E-state index < -0.39 is 0 Å². The van der Waals surface area contributed by atoms with Crippen LogP contribution in [0.25, 0.3) is 0 Å². The van der Waals surface area contributed by atoms with E-state index in [1.807, 2.05) is 19.1 Å². The molecule has 0 aromatic heterocycles. The molecule has 0 spiro atoms. The summed E-state index contributed by atoms with van der Waals surface area (Å²) in [6, 6.07) is 14.6. The number of hydrogen-bond donors (Lipinski definition) is 2. The van der Waals surface area contributed by atoms with Crippen molar-refractivity contribution < 1.29 is 9.47 Å². The van der Waals surface area contributed by atoms with Gasteiger partial charge in [0.1, 0.15) is 5.75 Å². The monoisotopic (exact) mass is 483 g/mol. The Hall–Kier alpha value is -1.80. The zero-order valence-electron chi connectivity index (χ0n) is 16.5. The molecule has 0 heterocycles.